The number of rotatable bonds is 10. The van der Waals surface area contributed by atoms with E-state index < -0.39 is 23.0 Å². The van der Waals surface area contributed by atoms with Crippen LogP contribution in [-0.2, 0) is 18.2 Å². The number of hydrogen-bond donors (Lipinski definition) is 1. The molecule has 10 heteroatoms. The summed E-state index contributed by atoms with van der Waals surface area (Å²) in [5, 5.41) is 3.69. The number of pyridine rings is 2. The van der Waals surface area contributed by atoms with Crippen molar-refractivity contribution in [3.05, 3.63) is 118 Å². The predicted molar refractivity (Wildman–Crippen MR) is 170 cm³/mol. The zero-order valence-corrected chi connectivity index (χ0v) is 25.2. The highest BCUT2D eigenvalue weighted by Crippen LogP contribution is 2.35. The van der Waals surface area contributed by atoms with E-state index in [0.29, 0.717) is 33.7 Å². The number of nitrogens with zero attached hydrogens (tertiary/aromatic N) is 2. The van der Waals surface area contributed by atoms with Crippen LogP contribution in [0.4, 0.5) is 14.5 Å². The molecule has 0 atom stereocenters. The summed E-state index contributed by atoms with van der Waals surface area (Å²) in [5.74, 6) is -0.717. The first-order chi connectivity index (χ1) is 21.6. The number of esters is 1. The van der Waals surface area contributed by atoms with Gasteiger partial charge in [-0.1, -0.05) is 25.6 Å². The minimum absolute atomic E-state index is 0.00527. The maximum atomic E-state index is 15.4. The minimum atomic E-state index is -0.703. The molecule has 5 rings (SSSR count). The first-order valence-electron chi connectivity index (χ1n) is 14.2. The van der Waals surface area contributed by atoms with Gasteiger partial charge in [0.15, 0.2) is 17.0 Å². The van der Waals surface area contributed by atoms with Crippen LogP contribution in [0.15, 0.2) is 84.4 Å². The van der Waals surface area contributed by atoms with Gasteiger partial charge in [-0.25, -0.2) is 13.6 Å². The van der Waals surface area contributed by atoms with Gasteiger partial charge in [-0.3, -0.25) is 9.78 Å². The van der Waals surface area contributed by atoms with E-state index in [4.69, 9.17) is 14.2 Å². The van der Waals surface area contributed by atoms with Crippen molar-refractivity contribution in [1.29, 1.82) is 0 Å². The Labute approximate surface area is 258 Å². The molecule has 45 heavy (non-hydrogen) atoms. The van der Waals surface area contributed by atoms with E-state index in [2.05, 4.69) is 16.9 Å². The molecule has 0 saturated carbocycles. The van der Waals surface area contributed by atoms with Crippen LogP contribution in [0.3, 0.4) is 0 Å². The molecule has 0 radical (unpaired) electrons. The fourth-order valence-corrected chi connectivity index (χ4v) is 5.05. The van der Waals surface area contributed by atoms with Crippen LogP contribution in [0.25, 0.3) is 27.7 Å². The van der Waals surface area contributed by atoms with Gasteiger partial charge in [0, 0.05) is 48.3 Å². The van der Waals surface area contributed by atoms with Gasteiger partial charge in [-0.15, -0.1) is 0 Å². The molecule has 5 aromatic rings. The van der Waals surface area contributed by atoms with E-state index in [1.807, 2.05) is 19.1 Å². The molecule has 2 heterocycles. The van der Waals surface area contributed by atoms with E-state index in [-0.39, 0.29) is 34.9 Å². The van der Waals surface area contributed by atoms with Gasteiger partial charge in [-0.2, -0.15) is 0 Å². The number of aromatic nitrogens is 2. The van der Waals surface area contributed by atoms with Crippen molar-refractivity contribution >= 4 is 28.3 Å². The maximum Gasteiger partial charge on any atom is 0.355 e. The first-order valence-corrected chi connectivity index (χ1v) is 14.2. The van der Waals surface area contributed by atoms with Crippen LogP contribution in [0, 0.1) is 11.6 Å². The molecule has 8 nitrogen and oxygen atoms in total. The topological polar surface area (TPSA) is 91.7 Å². The van der Waals surface area contributed by atoms with E-state index in [1.54, 1.807) is 39.4 Å². The van der Waals surface area contributed by atoms with E-state index in [0.717, 1.165) is 12.0 Å². The van der Waals surface area contributed by atoms with Gasteiger partial charge in [0.25, 0.3) is 0 Å². The summed E-state index contributed by atoms with van der Waals surface area (Å²) in [6, 6.07) is 14.9. The van der Waals surface area contributed by atoms with Crippen LogP contribution in [-0.4, -0.2) is 29.2 Å². The molecule has 0 unspecified atom stereocenters. The quantitative estimate of drug-likeness (QED) is 0.164. The molecule has 0 aliphatic heterocycles. The van der Waals surface area contributed by atoms with Gasteiger partial charge < -0.3 is 24.1 Å². The normalized spacial score (nSPS) is 10.9. The second-order valence-corrected chi connectivity index (χ2v) is 10.1. The van der Waals surface area contributed by atoms with Crippen LogP contribution >= 0.6 is 0 Å². The number of nitrogens with one attached hydrogen (secondary N) is 1. The molecule has 2 aromatic heterocycles. The van der Waals surface area contributed by atoms with Crippen LogP contribution in [0.1, 0.15) is 35.5 Å². The molecule has 230 valence electrons. The van der Waals surface area contributed by atoms with Crippen molar-refractivity contribution < 1.29 is 27.8 Å². The molecular formula is C35H31F2N3O5. The third kappa shape index (κ3) is 6.26. The van der Waals surface area contributed by atoms with E-state index >= 15 is 4.39 Å². The van der Waals surface area contributed by atoms with Crippen molar-refractivity contribution in [2.75, 3.05) is 19.0 Å². The molecule has 0 saturated heterocycles. The number of benzene rings is 3. The summed E-state index contributed by atoms with van der Waals surface area (Å²) in [6.45, 7) is 7.76. The average molecular weight is 612 g/mol. The molecule has 0 aliphatic rings. The number of fused-ring (bicyclic) bond motifs is 1. The highest BCUT2D eigenvalue weighted by Gasteiger charge is 2.24. The first kappa shape index (κ1) is 30.9. The lowest BCUT2D eigenvalue weighted by Gasteiger charge is -2.17. The Bertz CT molecular complexity index is 1990. The van der Waals surface area contributed by atoms with Crippen molar-refractivity contribution in [3.8, 4) is 28.4 Å². The molecule has 0 aliphatic carbocycles. The lowest BCUT2D eigenvalue weighted by atomic mass is 9.99. The highest BCUT2D eigenvalue weighted by atomic mass is 19.1. The summed E-state index contributed by atoms with van der Waals surface area (Å²) < 4.78 is 47.1. The molecule has 0 amide bonds. The van der Waals surface area contributed by atoms with Crippen LogP contribution < -0.4 is 20.2 Å². The molecule has 1 N–H and O–H groups in total. The number of ether oxygens (including phenoxy) is 3. The molecule has 0 bridgehead atoms. The highest BCUT2D eigenvalue weighted by molar-refractivity contribution is 5.96. The lowest BCUT2D eigenvalue weighted by Crippen LogP contribution is -2.24. The van der Waals surface area contributed by atoms with Gasteiger partial charge >= 0.3 is 5.97 Å². The average Bonchev–Trinajstić information content (AvgIpc) is 3.03. The zero-order chi connectivity index (χ0) is 32.2. The van der Waals surface area contributed by atoms with Gasteiger partial charge in [0.2, 0.25) is 0 Å². The number of halogens is 2. The Kier molecular flexibility index (Phi) is 8.94. The van der Waals surface area contributed by atoms with Crippen molar-refractivity contribution in [3.63, 3.8) is 0 Å². The summed E-state index contributed by atoms with van der Waals surface area (Å²) in [7, 11) is 3.19. The largest absolute Gasteiger partial charge is 0.496 e. The summed E-state index contributed by atoms with van der Waals surface area (Å²) >= 11 is 0. The standard InChI is InChI=1S/C35H31F2N3O5/c1-6-21-16-25-28(18-31(21)43-5)38-15-14-29(25)45-30-13-12-24(17-27(30)37)39-20(3)26-19-40(4)33(35(42)44-7-2)32(34(26)41)22-8-10-23(36)11-9-22/h8-19,39H,3,6-7H2,1-2,4-5H3. The Balaban J connectivity index is 1.45. The van der Waals surface area contributed by atoms with Crippen LogP contribution in [0.2, 0.25) is 0 Å². The van der Waals surface area contributed by atoms with Gasteiger partial charge in [0.1, 0.15) is 23.0 Å². The third-order valence-corrected chi connectivity index (χ3v) is 7.24. The molecule has 0 fully saturated rings. The van der Waals surface area contributed by atoms with E-state index in [9.17, 15) is 14.0 Å². The molecule has 0 spiro atoms. The van der Waals surface area contributed by atoms with E-state index in [1.165, 1.54) is 47.2 Å². The Hall–Kier alpha value is -5.51. The number of hydrogen-bond acceptors (Lipinski definition) is 7. The molecule has 3 aromatic carbocycles. The predicted octanol–water partition coefficient (Wildman–Crippen LogP) is 7.50. The summed E-state index contributed by atoms with van der Waals surface area (Å²) in [6.07, 6.45) is 3.75. The Morgan fingerprint density at radius 2 is 1.76 bits per heavy atom. The zero-order valence-electron chi connectivity index (χ0n) is 25.2. The number of aryl methyl sites for hydroxylation is 2. The lowest BCUT2D eigenvalue weighted by molar-refractivity contribution is 0.0515. The van der Waals surface area contributed by atoms with Gasteiger partial charge in [-0.05, 0) is 60.9 Å². The maximum absolute atomic E-state index is 15.4. The fourth-order valence-electron chi connectivity index (χ4n) is 5.05. The SMILES string of the molecule is C=C(Nc1ccc(Oc2ccnc3cc(OC)c(CC)cc23)c(F)c1)c1cn(C)c(C(=O)OCC)c(-c2ccc(F)cc2)c1=O. The van der Waals surface area contributed by atoms with Crippen molar-refractivity contribution in [1.82, 2.24) is 9.55 Å². The van der Waals surface area contributed by atoms with Crippen molar-refractivity contribution in [2.24, 2.45) is 7.05 Å². The number of methoxy groups -OCH3 is 1. The third-order valence-electron chi connectivity index (χ3n) is 7.24. The van der Waals surface area contributed by atoms with Crippen molar-refractivity contribution in [2.45, 2.75) is 20.3 Å². The monoisotopic (exact) mass is 611 g/mol. The second-order valence-electron chi connectivity index (χ2n) is 10.1. The van der Waals surface area contributed by atoms with Gasteiger partial charge in [0.05, 0.1) is 30.4 Å². The second kappa shape index (κ2) is 13.0. The molecular weight excluding hydrogens is 580 g/mol. The fraction of sp³-hybridized carbons (Fsp3) is 0.171. The summed E-state index contributed by atoms with van der Waals surface area (Å²) in [4.78, 5) is 31.0. The number of anilines is 1. The Morgan fingerprint density at radius 3 is 2.42 bits per heavy atom. The van der Waals surface area contributed by atoms with Crippen LogP contribution in [0.5, 0.6) is 17.2 Å². The smallest absolute Gasteiger partial charge is 0.355 e. The Morgan fingerprint density at radius 1 is 1.00 bits per heavy atom. The number of carbonyl (C=O) groups is 1. The minimum Gasteiger partial charge on any atom is -0.496 e. The summed E-state index contributed by atoms with van der Waals surface area (Å²) in [5.41, 5.74) is 2.02. The number of carbonyl (C=O) groups excluding carboxylic acids is 1.